The molecule has 4 nitrogen and oxygen atoms in total. The van der Waals surface area contributed by atoms with E-state index in [9.17, 15) is 4.79 Å². The van der Waals surface area contributed by atoms with E-state index in [0.29, 0.717) is 11.6 Å². The first-order valence-electron chi connectivity index (χ1n) is 5.61. The zero-order chi connectivity index (χ0) is 11.1. The van der Waals surface area contributed by atoms with E-state index in [4.69, 9.17) is 5.21 Å². The molecule has 0 saturated carbocycles. The Labute approximate surface area is 93.8 Å². The first-order chi connectivity index (χ1) is 7.79. The fourth-order valence-corrected chi connectivity index (χ4v) is 2.86. The maximum Gasteiger partial charge on any atom is 0.274 e. The van der Waals surface area contributed by atoms with Gasteiger partial charge >= 0.3 is 0 Å². The first-order valence-corrected chi connectivity index (χ1v) is 5.61. The van der Waals surface area contributed by atoms with Gasteiger partial charge in [0.25, 0.3) is 5.91 Å². The van der Waals surface area contributed by atoms with Crippen LogP contribution in [0.25, 0.3) is 0 Å². The molecule has 0 bridgehead atoms. The van der Waals surface area contributed by atoms with Crippen molar-refractivity contribution in [2.75, 3.05) is 6.54 Å². The Hall–Kier alpha value is -1.39. The third-order valence-corrected chi connectivity index (χ3v) is 3.60. The molecule has 1 atom stereocenters. The summed E-state index contributed by atoms with van der Waals surface area (Å²) in [5.41, 5.74) is 4.78. The van der Waals surface area contributed by atoms with Crippen LogP contribution in [0.15, 0.2) is 18.2 Å². The lowest BCUT2D eigenvalue weighted by molar-refractivity contribution is 0.0706. The second kappa shape index (κ2) is 3.57. The van der Waals surface area contributed by atoms with Crippen molar-refractivity contribution in [2.24, 2.45) is 0 Å². The molecule has 16 heavy (non-hydrogen) atoms. The molecule has 2 heterocycles. The van der Waals surface area contributed by atoms with Gasteiger partial charge in [-0.3, -0.25) is 14.9 Å². The summed E-state index contributed by atoms with van der Waals surface area (Å²) in [5, 5.41) is 8.59. The molecule has 2 N–H and O–H groups in total. The minimum atomic E-state index is -0.435. The number of hydrogen-bond acceptors (Lipinski definition) is 3. The van der Waals surface area contributed by atoms with E-state index < -0.39 is 5.91 Å². The molecule has 84 valence electrons. The summed E-state index contributed by atoms with van der Waals surface area (Å²) < 4.78 is 0. The number of rotatable bonds is 1. The fraction of sp³-hybridized carbons (Fsp3) is 0.417. The van der Waals surface area contributed by atoms with Gasteiger partial charge in [-0.2, -0.15) is 0 Å². The highest BCUT2D eigenvalue weighted by atomic mass is 16.5. The van der Waals surface area contributed by atoms with Crippen molar-refractivity contribution in [3.8, 4) is 0 Å². The standard InChI is InChI=1S/C12H14N2O2/c15-12(13-16)8-3-4-10-9(6-8)7-14-5-1-2-11(10)14/h3-4,6,11,16H,1-2,5,7H2,(H,13,15). The highest BCUT2D eigenvalue weighted by Crippen LogP contribution is 2.41. The van der Waals surface area contributed by atoms with Crippen molar-refractivity contribution >= 4 is 5.91 Å². The first kappa shape index (κ1) is 9.81. The summed E-state index contributed by atoms with van der Waals surface area (Å²) in [7, 11) is 0. The van der Waals surface area contributed by atoms with Crippen molar-refractivity contribution in [1.82, 2.24) is 10.4 Å². The van der Waals surface area contributed by atoms with Crippen LogP contribution in [0.5, 0.6) is 0 Å². The average molecular weight is 218 g/mol. The Morgan fingerprint density at radius 3 is 3.19 bits per heavy atom. The van der Waals surface area contributed by atoms with E-state index >= 15 is 0 Å². The van der Waals surface area contributed by atoms with Crippen molar-refractivity contribution in [2.45, 2.75) is 25.4 Å². The molecule has 2 aliphatic heterocycles. The summed E-state index contributed by atoms with van der Waals surface area (Å²) in [5.74, 6) is -0.435. The van der Waals surface area contributed by atoms with Gasteiger partial charge in [0.1, 0.15) is 0 Å². The summed E-state index contributed by atoms with van der Waals surface area (Å²) in [4.78, 5) is 13.7. The van der Waals surface area contributed by atoms with Gasteiger partial charge in [-0.15, -0.1) is 0 Å². The molecule has 0 radical (unpaired) electrons. The van der Waals surface area contributed by atoms with Crippen molar-refractivity contribution < 1.29 is 10.0 Å². The van der Waals surface area contributed by atoms with Crippen LogP contribution >= 0.6 is 0 Å². The van der Waals surface area contributed by atoms with Crippen LogP contribution in [0.3, 0.4) is 0 Å². The lowest BCUT2D eigenvalue weighted by atomic mass is 10.00. The molecule has 0 aliphatic carbocycles. The van der Waals surface area contributed by atoms with E-state index in [1.807, 2.05) is 12.1 Å². The molecule has 1 aromatic carbocycles. The van der Waals surface area contributed by atoms with Gasteiger partial charge in [-0.1, -0.05) is 6.07 Å². The average Bonchev–Trinajstić information content (AvgIpc) is 2.86. The monoisotopic (exact) mass is 218 g/mol. The number of benzene rings is 1. The van der Waals surface area contributed by atoms with Crippen LogP contribution in [-0.2, 0) is 6.54 Å². The van der Waals surface area contributed by atoms with Crippen molar-refractivity contribution in [1.29, 1.82) is 0 Å². The van der Waals surface area contributed by atoms with Crippen LogP contribution in [0.2, 0.25) is 0 Å². The van der Waals surface area contributed by atoms with Gasteiger partial charge in [-0.25, -0.2) is 5.48 Å². The predicted octanol–water partition coefficient (Wildman–Crippen LogP) is 1.46. The fourth-order valence-electron chi connectivity index (χ4n) is 2.86. The molecule has 0 spiro atoms. The van der Waals surface area contributed by atoms with Gasteiger partial charge in [0.2, 0.25) is 0 Å². The van der Waals surface area contributed by atoms with Gasteiger partial charge in [0, 0.05) is 18.2 Å². The maximum absolute atomic E-state index is 11.3. The zero-order valence-electron chi connectivity index (χ0n) is 8.94. The highest BCUT2D eigenvalue weighted by molar-refractivity contribution is 5.93. The number of carbonyl (C=O) groups is 1. The van der Waals surface area contributed by atoms with Crippen LogP contribution in [-0.4, -0.2) is 22.6 Å². The maximum atomic E-state index is 11.3. The Balaban J connectivity index is 1.97. The molecule has 1 amide bonds. The number of nitrogens with zero attached hydrogens (tertiary/aromatic N) is 1. The molecule has 1 unspecified atom stereocenters. The third-order valence-electron chi connectivity index (χ3n) is 3.60. The largest absolute Gasteiger partial charge is 0.292 e. The summed E-state index contributed by atoms with van der Waals surface area (Å²) in [6, 6.07) is 6.25. The highest BCUT2D eigenvalue weighted by Gasteiger charge is 2.33. The lowest BCUT2D eigenvalue weighted by Crippen LogP contribution is -2.18. The van der Waals surface area contributed by atoms with E-state index in [1.165, 1.54) is 24.0 Å². The Bertz CT molecular complexity index is 445. The quantitative estimate of drug-likeness (QED) is 0.554. The van der Waals surface area contributed by atoms with Crippen LogP contribution in [0.4, 0.5) is 0 Å². The number of nitrogens with one attached hydrogen (secondary N) is 1. The van der Waals surface area contributed by atoms with E-state index in [1.54, 1.807) is 11.5 Å². The molecule has 2 aliphatic rings. The minimum Gasteiger partial charge on any atom is -0.292 e. The number of carbonyl (C=O) groups excluding carboxylic acids is 1. The molecular formula is C12H14N2O2. The van der Waals surface area contributed by atoms with E-state index in [-0.39, 0.29) is 0 Å². The van der Waals surface area contributed by atoms with Crippen LogP contribution < -0.4 is 5.48 Å². The van der Waals surface area contributed by atoms with Gasteiger partial charge in [-0.05, 0) is 42.6 Å². The van der Waals surface area contributed by atoms with Gasteiger partial charge in [0.15, 0.2) is 0 Å². The molecule has 1 aromatic rings. The third kappa shape index (κ3) is 1.34. The van der Waals surface area contributed by atoms with Gasteiger partial charge in [0.05, 0.1) is 0 Å². The number of hydroxylamine groups is 1. The molecule has 4 heteroatoms. The molecular weight excluding hydrogens is 204 g/mol. The van der Waals surface area contributed by atoms with Crippen LogP contribution in [0.1, 0.15) is 40.4 Å². The molecule has 0 aromatic heterocycles. The van der Waals surface area contributed by atoms with Crippen molar-refractivity contribution in [3.05, 3.63) is 34.9 Å². The normalized spacial score (nSPS) is 22.9. The van der Waals surface area contributed by atoms with Crippen LogP contribution in [0, 0.1) is 0 Å². The predicted molar refractivity (Wildman–Crippen MR) is 58.1 cm³/mol. The zero-order valence-corrected chi connectivity index (χ0v) is 8.94. The Morgan fingerprint density at radius 1 is 1.50 bits per heavy atom. The summed E-state index contributed by atoms with van der Waals surface area (Å²) in [6.07, 6.45) is 2.49. The van der Waals surface area contributed by atoms with Gasteiger partial charge < -0.3 is 0 Å². The van der Waals surface area contributed by atoms with Crippen molar-refractivity contribution in [3.63, 3.8) is 0 Å². The lowest BCUT2D eigenvalue weighted by Gasteiger charge is -2.13. The Morgan fingerprint density at radius 2 is 2.38 bits per heavy atom. The van der Waals surface area contributed by atoms with E-state index in [0.717, 1.165) is 13.1 Å². The second-order valence-corrected chi connectivity index (χ2v) is 4.48. The number of hydrogen-bond donors (Lipinski definition) is 2. The Kier molecular flexibility index (Phi) is 2.19. The van der Waals surface area contributed by atoms with E-state index in [2.05, 4.69) is 4.90 Å². The number of fused-ring (bicyclic) bond motifs is 3. The molecule has 1 fully saturated rings. The molecule has 3 rings (SSSR count). The SMILES string of the molecule is O=C(NO)c1ccc2c(c1)CN1CCCC21. The summed E-state index contributed by atoms with van der Waals surface area (Å²) >= 11 is 0. The smallest absolute Gasteiger partial charge is 0.274 e. The topological polar surface area (TPSA) is 52.6 Å². The second-order valence-electron chi connectivity index (χ2n) is 4.48. The summed E-state index contributed by atoms with van der Waals surface area (Å²) in [6.45, 7) is 2.09. The molecule has 1 saturated heterocycles. The minimum absolute atomic E-state index is 0.435. The number of amides is 1.